The molecule has 0 aliphatic carbocycles. The molecule has 3 rings (SSSR count). The largest absolute Gasteiger partial charge is 0.493 e. The van der Waals surface area contributed by atoms with Gasteiger partial charge >= 0.3 is 0 Å². The van der Waals surface area contributed by atoms with E-state index in [9.17, 15) is 14.4 Å². The van der Waals surface area contributed by atoms with Gasteiger partial charge in [-0.2, -0.15) is 0 Å². The maximum absolute atomic E-state index is 12.3. The van der Waals surface area contributed by atoms with Gasteiger partial charge in [-0.15, -0.1) is 0 Å². The molecule has 0 radical (unpaired) electrons. The van der Waals surface area contributed by atoms with Gasteiger partial charge in [-0.1, -0.05) is 35.9 Å². The third-order valence-electron chi connectivity index (χ3n) is 3.95. The van der Waals surface area contributed by atoms with Gasteiger partial charge in [-0.3, -0.25) is 19.3 Å². The maximum atomic E-state index is 12.3. The van der Waals surface area contributed by atoms with Crippen LogP contribution >= 0.6 is 11.6 Å². The van der Waals surface area contributed by atoms with E-state index < -0.39 is 11.8 Å². The van der Waals surface area contributed by atoms with Crippen LogP contribution in [0.1, 0.15) is 27.1 Å². The van der Waals surface area contributed by atoms with Gasteiger partial charge in [0.1, 0.15) is 5.75 Å². The molecule has 0 fully saturated rings. The molecule has 0 spiro atoms. The predicted octanol–water partition coefficient (Wildman–Crippen LogP) is 2.52. The Morgan fingerprint density at radius 3 is 2.54 bits per heavy atom. The lowest BCUT2D eigenvalue weighted by molar-refractivity contribution is -0.121. The Morgan fingerprint density at radius 1 is 1.04 bits per heavy atom. The summed E-state index contributed by atoms with van der Waals surface area (Å²) in [5.41, 5.74) is 0.520. The highest BCUT2D eigenvalue weighted by molar-refractivity contribution is 6.37. The molecule has 2 aromatic carbocycles. The van der Waals surface area contributed by atoms with Crippen molar-refractivity contribution >= 4 is 29.3 Å². The molecule has 0 aromatic heterocycles. The fraction of sp³-hybridized carbons (Fsp3) is 0.211. The van der Waals surface area contributed by atoms with E-state index in [1.54, 1.807) is 18.2 Å². The van der Waals surface area contributed by atoms with E-state index in [-0.39, 0.29) is 42.6 Å². The number of rotatable bonds is 7. The number of carbonyl (C=O) groups is 3. The number of nitrogens with one attached hydrogen (secondary N) is 1. The molecule has 0 saturated carbocycles. The number of hydrogen-bond donors (Lipinski definition) is 1. The summed E-state index contributed by atoms with van der Waals surface area (Å²) in [7, 11) is 0. The third-order valence-corrected chi connectivity index (χ3v) is 4.26. The van der Waals surface area contributed by atoms with Gasteiger partial charge in [-0.05, 0) is 24.3 Å². The first kappa shape index (κ1) is 17.9. The first-order valence-electron chi connectivity index (χ1n) is 8.17. The summed E-state index contributed by atoms with van der Waals surface area (Å²) in [4.78, 5) is 37.5. The lowest BCUT2D eigenvalue weighted by Gasteiger charge is -2.14. The zero-order valence-electron chi connectivity index (χ0n) is 13.9. The van der Waals surface area contributed by atoms with E-state index in [4.69, 9.17) is 16.3 Å². The molecule has 1 aliphatic heterocycles. The van der Waals surface area contributed by atoms with E-state index in [1.807, 2.05) is 30.3 Å². The average molecular weight is 373 g/mol. The first-order chi connectivity index (χ1) is 12.6. The lowest BCUT2D eigenvalue weighted by Crippen LogP contribution is -2.38. The number of ether oxygens (including phenoxy) is 1. The van der Waals surface area contributed by atoms with Gasteiger partial charge in [0.2, 0.25) is 5.91 Å². The number of carbonyl (C=O) groups excluding carboxylic acids is 3. The molecular weight excluding hydrogens is 356 g/mol. The third kappa shape index (κ3) is 3.86. The fourth-order valence-electron chi connectivity index (χ4n) is 2.67. The summed E-state index contributed by atoms with van der Waals surface area (Å²) in [5, 5.41) is 2.94. The topological polar surface area (TPSA) is 75.7 Å². The van der Waals surface area contributed by atoms with Crippen LogP contribution in [0.3, 0.4) is 0 Å². The van der Waals surface area contributed by atoms with Gasteiger partial charge in [0.15, 0.2) is 0 Å². The van der Waals surface area contributed by atoms with Crippen LogP contribution in [-0.4, -0.2) is 42.3 Å². The van der Waals surface area contributed by atoms with Gasteiger partial charge in [0.25, 0.3) is 11.8 Å². The van der Waals surface area contributed by atoms with Crippen LogP contribution in [0.25, 0.3) is 0 Å². The smallest absolute Gasteiger partial charge is 0.263 e. The number of halogens is 1. The number of nitrogens with zero attached hydrogens (tertiary/aromatic N) is 1. The maximum Gasteiger partial charge on any atom is 0.263 e. The van der Waals surface area contributed by atoms with Crippen molar-refractivity contribution in [1.82, 2.24) is 10.2 Å². The number of benzene rings is 2. The summed E-state index contributed by atoms with van der Waals surface area (Å²) >= 11 is 6.00. The molecule has 2 aromatic rings. The van der Waals surface area contributed by atoms with Crippen LogP contribution < -0.4 is 10.1 Å². The Balaban J connectivity index is 1.44. The number of para-hydroxylation sites is 1. The SMILES string of the molecule is O=C(CCOc1ccccc1)NCCN1C(=O)c2cccc(Cl)c2C1=O. The van der Waals surface area contributed by atoms with E-state index in [2.05, 4.69) is 5.32 Å². The number of imide groups is 1. The van der Waals surface area contributed by atoms with Gasteiger partial charge in [0.05, 0.1) is 29.2 Å². The summed E-state index contributed by atoms with van der Waals surface area (Å²) in [6, 6.07) is 14.0. The Labute approximate surface area is 155 Å². The van der Waals surface area contributed by atoms with Crippen molar-refractivity contribution in [2.45, 2.75) is 6.42 Å². The minimum Gasteiger partial charge on any atom is -0.493 e. The van der Waals surface area contributed by atoms with Gasteiger partial charge in [-0.25, -0.2) is 0 Å². The van der Waals surface area contributed by atoms with Crippen molar-refractivity contribution in [3.05, 3.63) is 64.7 Å². The minimum atomic E-state index is -0.433. The zero-order chi connectivity index (χ0) is 18.5. The van der Waals surface area contributed by atoms with Crippen molar-refractivity contribution in [2.24, 2.45) is 0 Å². The molecule has 0 unspecified atom stereocenters. The normalized spacial score (nSPS) is 12.9. The van der Waals surface area contributed by atoms with E-state index in [0.29, 0.717) is 11.3 Å². The van der Waals surface area contributed by atoms with Crippen molar-refractivity contribution < 1.29 is 19.1 Å². The van der Waals surface area contributed by atoms with Crippen LogP contribution in [0.2, 0.25) is 5.02 Å². The lowest BCUT2D eigenvalue weighted by atomic mass is 10.1. The highest BCUT2D eigenvalue weighted by atomic mass is 35.5. The summed E-state index contributed by atoms with van der Waals surface area (Å²) in [6.45, 7) is 0.514. The molecule has 26 heavy (non-hydrogen) atoms. The minimum absolute atomic E-state index is 0.0912. The quantitative estimate of drug-likeness (QED) is 0.758. The van der Waals surface area contributed by atoms with E-state index in [1.165, 1.54) is 0 Å². The Bertz CT molecular complexity index is 839. The van der Waals surface area contributed by atoms with Crippen LogP contribution in [0.4, 0.5) is 0 Å². The fourth-order valence-corrected chi connectivity index (χ4v) is 2.92. The Morgan fingerprint density at radius 2 is 1.81 bits per heavy atom. The van der Waals surface area contributed by atoms with E-state index in [0.717, 1.165) is 4.90 Å². The summed E-state index contributed by atoms with van der Waals surface area (Å²) in [5.74, 6) is -0.342. The second-order valence-electron chi connectivity index (χ2n) is 5.69. The molecule has 134 valence electrons. The molecule has 1 heterocycles. The first-order valence-corrected chi connectivity index (χ1v) is 8.55. The van der Waals surface area contributed by atoms with E-state index >= 15 is 0 Å². The van der Waals surface area contributed by atoms with Crippen LogP contribution in [-0.2, 0) is 4.79 Å². The molecule has 7 heteroatoms. The van der Waals surface area contributed by atoms with Crippen molar-refractivity contribution in [1.29, 1.82) is 0 Å². The summed E-state index contributed by atoms with van der Waals surface area (Å²) < 4.78 is 5.45. The van der Waals surface area contributed by atoms with Crippen molar-refractivity contribution in [3.63, 3.8) is 0 Å². The number of fused-ring (bicyclic) bond motifs is 1. The van der Waals surface area contributed by atoms with Crippen molar-refractivity contribution in [2.75, 3.05) is 19.7 Å². The molecule has 3 amide bonds. The van der Waals surface area contributed by atoms with Gasteiger partial charge in [0, 0.05) is 13.1 Å². The molecular formula is C19H17ClN2O4. The zero-order valence-corrected chi connectivity index (χ0v) is 14.7. The highest BCUT2D eigenvalue weighted by Crippen LogP contribution is 2.28. The van der Waals surface area contributed by atoms with Gasteiger partial charge < -0.3 is 10.1 Å². The summed E-state index contributed by atoms with van der Waals surface area (Å²) in [6.07, 6.45) is 0.183. The molecule has 0 atom stereocenters. The van der Waals surface area contributed by atoms with Crippen LogP contribution in [0.5, 0.6) is 5.75 Å². The Hall–Kier alpha value is -2.86. The second-order valence-corrected chi connectivity index (χ2v) is 6.09. The molecule has 1 aliphatic rings. The van der Waals surface area contributed by atoms with Crippen molar-refractivity contribution in [3.8, 4) is 5.75 Å². The number of amides is 3. The second kappa shape index (κ2) is 8.01. The molecule has 1 N–H and O–H groups in total. The Kier molecular flexibility index (Phi) is 5.53. The molecule has 0 saturated heterocycles. The average Bonchev–Trinajstić information content (AvgIpc) is 2.88. The molecule has 0 bridgehead atoms. The van der Waals surface area contributed by atoms with Crippen LogP contribution in [0.15, 0.2) is 48.5 Å². The predicted molar refractivity (Wildman–Crippen MR) is 96.4 cm³/mol. The van der Waals surface area contributed by atoms with Crippen LogP contribution in [0, 0.1) is 0 Å². The highest BCUT2D eigenvalue weighted by Gasteiger charge is 2.36. The monoisotopic (exact) mass is 372 g/mol. The standard InChI is InChI=1S/C19H17ClN2O4/c20-15-8-4-7-14-17(15)19(25)22(18(14)24)11-10-21-16(23)9-12-26-13-5-2-1-3-6-13/h1-8H,9-12H2,(H,21,23). The number of hydrogen-bond acceptors (Lipinski definition) is 4. The molecule has 6 nitrogen and oxygen atoms in total.